The van der Waals surface area contributed by atoms with Gasteiger partial charge in [0.25, 0.3) is 0 Å². The lowest BCUT2D eigenvalue weighted by Crippen LogP contribution is -2.47. The van der Waals surface area contributed by atoms with E-state index >= 15 is 0 Å². The molecule has 8 heteroatoms. The first-order valence-electron chi connectivity index (χ1n) is 10.3. The highest BCUT2D eigenvalue weighted by Crippen LogP contribution is 2.36. The largest absolute Gasteiger partial charge is 0.493 e. The highest BCUT2D eigenvalue weighted by atomic mass is 16.5. The highest BCUT2D eigenvalue weighted by Gasteiger charge is 2.29. The van der Waals surface area contributed by atoms with Crippen molar-refractivity contribution >= 4 is 11.7 Å². The molecule has 0 amide bonds. The average molecular weight is 412 g/mol. The van der Waals surface area contributed by atoms with E-state index in [1.165, 1.54) is 0 Å². The van der Waals surface area contributed by atoms with Crippen LogP contribution in [0, 0.1) is 0 Å². The Labute approximate surface area is 176 Å². The summed E-state index contributed by atoms with van der Waals surface area (Å²) < 4.78 is 10.8. The summed E-state index contributed by atoms with van der Waals surface area (Å²) in [5.41, 5.74) is 2.49. The van der Waals surface area contributed by atoms with Gasteiger partial charge in [0, 0.05) is 45.3 Å². The van der Waals surface area contributed by atoms with Crippen LogP contribution in [0.5, 0.6) is 11.5 Å². The number of anilines is 1. The number of aromatic nitrogens is 2. The summed E-state index contributed by atoms with van der Waals surface area (Å²) in [6.07, 6.45) is 2.81. The third-order valence-corrected chi connectivity index (χ3v) is 5.98. The van der Waals surface area contributed by atoms with E-state index in [0.29, 0.717) is 42.4 Å². The lowest BCUT2D eigenvalue weighted by molar-refractivity contribution is 0.0962. The minimum atomic E-state index is 0.0500. The van der Waals surface area contributed by atoms with Crippen molar-refractivity contribution in [2.24, 2.45) is 0 Å². The molecule has 0 spiro atoms. The zero-order valence-electron chi connectivity index (χ0n) is 17.5. The molecule has 1 aliphatic heterocycles. The number of carbonyl (C=O) groups excluding carboxylic acids is 1. The Kier molecular flexibility index (Phi) is 6.15. The molecule has 0 unspecified atom stereocenters. The minimum absolute atomic E-state index is 0.0500. The average Bonchev–Trinajstić information content (AvgIpc) is 2.79. The van der Waals surface area contributed by atoms with E-state index in [1.807, 2.05) is 18.2 Å². The van der Waals surface area contributed by atoms with Crippen LogP contribution in [-0.4, -0.2) is 79.3 Å². The molecule has 1 fully saturated rings. The summed E-state index contributed by atoms with van der Waals surface area (Å²) >= 11 is 0. The van der Waals surface area contributed by atoms with Crippen LogP contribution in [0.4, 0.5) is 5.95 Å². The molecule has 2 aliphatic rings. The summed E-state index contributed by atoms with van der Waals surface area (Å²) in [4.78, 5) is 26.4. The third-order valence-electron chi connectivity index (χ3n) is 5.98. The summed E-state index contributed by atoms with van der Waals surface area (Å²) in [6, 6.07) is 5.82. The number of ether oxygens (including phenoxy) is 2. The Morgan fingerprint density at radius 1 is 1.10 bits per heavy atom. The Balaban J connectivity index is 1.54. The topological polar surface area (TPSA) is 88.0 Å². The van der Waals surface area contributed by atoms with E-state index in [9.17, 15) is 4.79 Å². The SMILES string of the molecule is COc1ccc([C@@H]2CC(=O)c3cnc(N4CCN(CCO)CC4)nc3C2)cc1OC. The summed E-state index contributed by atoms with van der Waals surface area (Å²) in [5, 5.41) is 9.11. The van der Waals surface area contributed by atoms with Gasteiger partial charge in [-0.3, -0.25) is 9.69 Å². The Morgan fingerprint density at radius 3 is 2.57 bits per heavy atom. The molecule has 30 heavy (non-hydrogen) atoms. The molecule has 0 bridgehead atoms. The first-order chi connectivity index (χ1) is 14.6. The summed E-state index contributed by atoms with van der Waals surface area (Å²) in [7, 11) is 3.22. The van der Waals surface area contributed by atoms with E-state index in [2.05, 4.69) is 14.8 Å². The molecule has 1 aromatic carbocycles. The lowest BCUT2D eigenvalue weighted by atomic mass is 9.82. The number of nitrogens with zero attached hydrogens (tertiary/aromatic N) is 4. The normalized spacial score (nSPS) is 19.5. The number of benzene rings is 1. The van der Waals surface area contributed by atoms with Crippen LogP contribution < -0.4 is 14.4 Å². The Bertz CT molecular complexity index is 912. The van der Waals surface area contributed by atoms with Crippen LogP contribution in [0.3, 0.4) is 0 Å². The molecule has 160 valence electrons. The molecule has 0 radical (unpaired) electrons. The van der Waals surface area contributed by atoms with Crippen LogP contribution in [-0.2, 0) is 6.42 Å². The smallest absolute Gasteiger partial charge is 0.225 e. The van der Waals surface area contributed by atoms with Gasteiger partial charge in [0.2, 0.25) is 5.95 Å². The quantitative estimate of drug-likeness (QED) is 0.764. The number of hydrogen-bond donors (Lipinski definition) is 1. The maximum absolute atomic E-state index is 12.8. The monoisotopic (exact) mass is 412 g/mol. The molecular formula is C22H28N4O4. The second-order valence-corrected chi connectivity index (χ2v) is 7.73. The van der Waals surface area contributed by atoms with E-state index in [1.54, 1.807) is 20.4 Å². The van der Waals surface area contributed by atoms with Gasteiger partial charge in [-0.05, 0) is 30.0 Å². The second-order valence-electron chi connectivity index (χ2n) is 7.73. The van der Waals surface area contributed by atoms with Crippen molar-refractivity contribution in [3.8, 4) is 11.5 Å². The van der Waals surface area contributed by atoms with Crippen LogP contribution in [0.15, 0.2) is 24.4 Å². The van der Waals surface area contributed by atoms with Crippen molar-refractivity contribution in [1.29, 1.82) is 0 Å². The first-order valence-corrected chi connectivity index (χ1v) is 10.3. The van der Waals surface area contributed by atoms with Crippen LogP contribution in [0.1, 0.15) is 34.0 Å². The number of Topliss-reactive ketones (excluding diaryl/α,β-unsaturated/α-hetero) is 1. The molecular weight excluding hydrogens is 384 g/mol. The molecule has 0 saturated carbocycles. The Hall–Kier alpha value is -2.71. The molecule has 1 atom stereocenters. The van der Waals surface area contributed by atoms with E-state index in [0.717, 1.165) is 37.4 Å². The van der Waals surface area contributed by atoms with Crippen molar-refractivity contribution in [2.45, 2.75) is 18.8 Å². The van der Waals surface area contributed by atoms with Gasteiger partial charge in [-0.15, -0.1) is 0 Å². The zero-order chi connectivity index (χ0) is 21.1. The van der Waals surface area contributed by atoms with Crippen molar-refractivity contribution in [3.05, 3.63) is 41.2 Å². The van der Waals surface area contributed by atoms with Crippen molar-refractivity contribution in [2.75, 3.05) is 58.5 Å². The summed E-state index contributed by atoms with van der Waals surface area (Å²) in [6.45, 7) is 4.23. The van der Waals surface area contributed by atoms with E-state index < -0.39 is 0 Å². The second kappa shape index (κ2) is 8.97. The van der Waals surface area contributed by atoms with Gasteiger partial charge in [0.15, 0.2) is 17.3 Å². The first kappa shape index (κ1) is 20.6. The Morgan fingerprint density at radius 2 is 1.87 bits per heavy atom. The third kappa shape index (κ3) is 4.11. The highest BCUT2D eigenvalue weighted by molar-refractivity contribution is 5.98. The zero-order valence-corrected chi connectivity index (χ0v) is 17.5. The number of methoxy groups -OCH3 is 2. The standard InChI is InChI=1S/C22H28N4O4/c1-29-20-4-3-15(13-21(20)30-2)16-11-18-17(19(28)12-16)14-23-22(24-18)26-7-5-25(6-8-26)9-10-27/h3-4,13-14,16,27H,5-12H2,1-2H3/t16-/m0/s1. The fraction of sp³-hybridized carbons (Fsp3) is 0.500. The number of carbonyl (C=O) groups is 1. The van der Waals surface area contributed by atoms with Gasteiger partial charge >= 0.3 is 0 Å². The lowest BCUT2D eigenvalue weighted by Gasteiger charge is -2.34. The molecule has 2 heterocycles. The van der Waals surface area contributed by atoms with Gasteiger partial charge in [-0.1, -0.05) is 6.07 Å². The van der Waals surface area contributed by atoms with Gasteiger partial charge in [-0.2, -0.15) is 0 Å². The number of β-amino-alcohol motifs (C(OH)–C–C–N with tert-alkyl or cyclic N) is 1. The molecule has 4 rings (SSSR count). The summed E-state index contributed by atoms with van der Waals surface area (Å²) in [5.74, 6) is 2.15. The maximum Gasteiger partial charge on any atom is 0.225 e. The number of rotatable bonds is 6. The number of ketones is 1. The van der Waals surface area contributed by atoms with Crippen LogP contribution in [0.25, 0.3) is 0 Å². The molecule has 1 aromatic heterocycles. The number of fused-ring (bicyclic) bond motifs is 1. The number of piperazine rings is 1. The molecule has 1 saturated heterocycles. The van der Waals surface area contributed by atoms with Gasteiger partial charge in [0.1, 0.15) is 0 Å². The van der Waals surface area contributed by atoms with E-state index in [-0.39, 0.29) is 18.3 Å². The maximum atomic E-state index is 12.8. The number of aliphatic hydroxyl groups excluding tert-OH is 1. The predicted molar refractivity (Wildman–Crippen MR) is 113 cm³/mol. The van der Waals surface area contributed by atoms with Crippen molar-refractivity contribution < 1.29 is 19.4 Å². The number of hydrogen-bond acceptors (Lipinski definition) is 8. The number of aliphatic hydroxyl groups is 1. The predicted octanol–water partition coefficient (Wildman–Crippen LogP) is 1.52. The van der Waals surface area contributed by atoms with Crippen LogP contribution in [0.2, 0.25) is 0 Å². The van der Waals surface area contributed by atoms with Crippen LogP contribution >= 0.6 is 0 Å². The molecule has 8 nitrogen and oxygen atoms in total. The van der Waals surface area contributed by atoms with Gasteiger partial charge < -0.3 is 19.5 Å². The molecule has 2 aromatic rings. The minimum Gasteiger partial charge on any atom is -0.493 e. The van der Waals surface area contributed by atoms with Gasteiger partial charge in [-0.25, -0.2) is 9.97 Å². The molecule has 1 aliphatic carbocycles. The van der Waals surface area contributed by atoms with E-state index in [4.69, 9.17) is 19.6 Å². The molecule has 1 N–H and O–H groups in total. The fourth-order valence-corrected chi connectivity index (χ4v) is 4.24. The van der Waals surface area contributed by atoms with Crippen molar-refractivity contribution in [3.63, 3.8) is 0 Å². The van der Waals surface area contributed by atoms with Gasteiger partial charge in [0.05, 0.1) is 32.1 Å². The van der Waals surface area contributed by atoms with Crippen molar-refractivity contribution in [1.82, 2.24) is 14.9 Å². The fourth-order valence-electron chi connectivity index (χ4n) is 4.24.